The molecule has 106 valence electrons. The highest BCUT2D eigenvalue weighted by molar-refractivity contribution is 5.23. The fraction of sp³-hybridized carbons (Fsp3) is 0.625. The largest absolute Gasteiger partial charge is 0.310 e. The number of rotatable bonds is 5. The van der Waals surface area contributed by atoms with E-state index >= 15 is 0 Å². The average molecular weight is 267 g/mol. The summed E-state index contributed by atoms with van der Waals surface area (Å²) in [6.45, 7) is 3.03. The average Bonchev–Trinajstić information content (AvgIpc) is 2.45. The molecule has 1 aromatic carbocycles. The molecule has 1 saturated carbocycles. The van der Waals surface area contributed by atoms with Gasteiger partial charge in [0.2, 0.25) is 0 Å². The van der Waals surface area contributed by atoms with Crippen LogP contribution in [0.4, 0.5) is 8.78 Å². The van der Waals surface area contributed by atoms with E-state index in [2.05, 4.69) is 12.2 Å². The van der Waals surface area contributed by atoms with Gasteiger partial charge in [0, 0.05) is 18.2 Å². The zero-order chi connectivity index (χ0) is 13.7. The summed E-state index contributed by atoms with van der Waals surface area (Å²) in [5.41, 5.74) is 1.19. The molecule has 3 heteroatoms. The van der Waals surface area contributed by atoms with Crippen molar-refractivity contribution in [3.8, 4) is 0 Å². The molecule has 0 saturated heterocycles. The van der Waals surface area contributed by atoms with E-state index in [0.717, 1.165) is 18.0 Å². The van der Waals surface area contributed by atoms with Crippen molar-refractivity contribution in [2.24, 2.45) is 5.92 Å². The number of benzene rings is 1. The third-order valence-corrected chi connectivity index (χ3v) is 4.23. The maximum Gasteiger partial charge on any atom is 0.263 e. The summed E-state index contributed by atoms with van der Waals surface area (Å²) >= 11 is 0. The highest BCUT2D eigenvalue weighted by Crippen LogP contribution is 2.27. The molecule has 0 spiro atoms. The van der Waals surface area contributed by atoms with E-state index in [1.54, 1.807) is 12.1 Å². The quantitative estimate of drug-likeness (QED) is 0.816. The Bertz CT molecular complexity index is 375. The Morgan fingerprint density at radius 3 is 2.47 bits per heavy atom. The normalized spacial score (nSPS) is 23.8. The fourth-order valence-electron chi connectivity index (χ4n) is 2.99. The minimum atomic E-state index is -2.37. The van der Waals surface area contributed by atoms with E-state index < -0.39 is 6.43 Å². The van der Waals surface area contributed by atoms with Crippen LogP contribution in [0.2, 0.25) is 0 Å². The second-order valence-corrected chi connectivity index (χ2v) is 5.48. The first-order valence-electron chi connectivity index (χ1n) is 7.31. The number of alkyl halides is 2. The topological polar surface area (TPSA) is 12.0 Å². The third-order valence-electron chi connectivity index (χ3n) is 4.23. The molecule has 0 amide bonds. The Morgan fingerprint density at radius 1 is 1.16 bits per heavy atom. The van der Waals surface area contributed by atoms with Gasteiger partial charge < -0.3 is 5.32 Å². The van der Waals surface area contributed by atoms with Gasteiger partial charge in [0.25, 0.3) is 6.43 Å². The third kappa shape index (κ3) is 4.00. The Kier molecular flexibility index (Phi) is 5.32. The van der Waals surface area contributed by atoms with Crippen molar-refractivity contribution in [1.29, 1.82) is 0 Å². The molecule has 2 unspecified atom stereocenters. The SMILES string of the molecule is CCC1CCCCC1NCc1ccc(C(F)F)cc1. The van der Waals surface area contributed by atoms with Gasteiger partial charge in [-0.2, -0.15) is 0 Å². The molecule has 0 aromatic heterocycles. The lowest BCUT2D eigenvalue weighted by molar-refractivity contribution is 0.151. The molecule has 0 radical (unpaired) electrons. The molecule has 1 N–H and O–H groups in total. The second-order valence-electron chi connectivity index (χ2n) is 5.48. The summed E-state index contributed by atoms with van der Waals surface area (Å²) < 4.78 is 24.9. The minimum Gasteiger partial charge on any atom is -0.310 e. The van der Waals surface area contributed by atoms with E-state index in [1.807, 2.05) is 0 Å². The van der Waals surface area contributed by atoms with Crippen LogP contribution < -0.4 is 5.32 Å². The Labute approximate surface area is 114 Å². The first-order valence-corrected chi connectivity index (χ1v) is 7.31. The monoisotopic (exact) mass is 267 g/mol. The molecular formula is C16H23F2N. The van der Waals surface area contributed by atoms with E-state index in [1.165, 1.54) is 44.2 Å². The van der Waals surface area contributed by atoms with Gasteiger partial charge in [-0.1, -0.05) is 50.5 Å². The summed E-state index contributed by atoms with van der Waals surface area (Å²) in [6, 6.07) is 7.25. The van der Waals surface area contributed by atoms with E-state index in [4.69, 9.17) is 0 Å². The molecule has 1 fully saturated rings. The van der Waals surface area contributed by atoms with Crippen molar-refractivity contribution in [3.63, 3.8) is 0 Å². The van der Waals surface area contributed by atoms with Crippen LogP contribution in [0.25, 0.3) is 0 Å². The highest BCUT2D eigenvalue weighted by atomic mass is 19.3. The smallest absolute Gasteiger partial charge is 0.263 e. The van der Waals surface area contributed by atoms with Crippen LogP contribution in [0.5, 0.6) is 0 Å². The summed E-state index contributed by atoms with van der Waals surface area (Å²) in [4.78, 5) is 0. The van der Waals surface area contributed by atoms with Crippen molar-refractivity contribution < 1.29 is 8.78 Å². The van der Waals surface area contributed by atoms with Gasteiger partial charge in [-0.05, 0) is 24.3 Å². The number of hydrogen-bond acceptors (Lipinski definition) is 1. The molecular weight excluding hydrogens is 244 g/mol. The molecule has 0 bridgehead atoms. The van der Waals surface area contributed by atoms with Crippen LogP contribution in [-0.4, -0.2) is 6.04 Å². The maximum atomic E-state index is 12.5. The molecule has 1 nitrogen and oxygen atoms in total. The van der Waals surface area contributed by atoms with Gasteiger partial charge in [-0.25, -0.2) is 8.78 Å². The van der Waals surface area contributed by atoms with Crippen LogP contribution in [0.15, 0.2) is 24.3 Å². The van der Waals surface area contributed by atoms with Crippen molar-refractivity contribution in [3.05, 3.63) is 35.4 Å². The summed E-state index contributed by atoms with van der Waals surface area (Å²) in [6.07, 6.45) is 4.07. The zero-order valence-electron chi connectivity index (χ0n) is 11.5. The fourth-order valence-corrected chi connectivity index (χ4v) is 2.99. The molecule has 1 aromatic rings. The maximum absolute atomic E-state index is 12.5. The minimum absolute atomic E-state index is 0.104. The van der Waals surface area contributed by atoms with E-state index in [9.17, 15) is 8.78 Å². The van der Waals surface area contributed by atoms with Gasteiger partial charge >= 0.3 is 0 Å². The summed E-state index contributed by atoms with van der Waals surface area (Å²) in [5, 5.41) is 3.60. The van der Waals surface area contributed by atoms with Crippen LogP contribution in [0.3, 0.4) is 0 Å². The zero-order valence-corrected chi connectivity index (χ0v) is 11.5. The van der Waals surface area contributed by atoms with Crippen molar-refractivity contribution >= 4 is 0 Å². The summed E-state index contributed by atoms with van der Waals surface area (Å²) in [5.74, 6) is 0.772. The molecule has 1 aliphatic rings. The number of halogens is 2. The number of nitrogens with one attached hydrogen (secondary N) is 1. The Balaban J connectivity index is 1.87. The molecule has 0 aliphatic heterocycles. The van der Waals surface area contributed by atoms with Gasteiger partial charge in [0.1, 0.15) is 0 Å². The predicted octanol–water partition coefficient (Wildman–Crippen LogP) is 4.68. The lowest BCUT2D eigenvalue weighted by Gasteiger charge is -2.31. The lowest BCUT2D eigenvalue weighted by Crippen LogP contribution is -2.37. The standard InChI is InChI=1S/C16H23F2N/c1-2-13-5-3-4-6-15(13)19-11-12-7-9-14(10-8-12)16(17)18/h7-10,13,15-16,19H,2-6,11H2,1H3. The first-order chi connectivity index (χ1) is 9.20. The molecule has 19 heavy (non-hydrogen) atoms. The second kappa shape index (κ2) is 6.99. The first kappa shape index (κ1) is 14.4. The Hall–Kier alpha value is -0.960. The van der Waals surface area contributed by atoms with Crippen molar-refractivity contribution in [2.75, 3.05) is 0 Å². The van der Waals surface area contributed by atoms with Crippen LogP contribution in [0, 0.1) is 5.92 Å². The summed E-state index contributed by atoms with van der Waals surface area (Å²) in [7, 11) is 0. The van der Waals surface area contributed by atoms with Crippen molar-refractivity contribution in [2.45, 2.75) is 58.0 Å². The molecule has 2 rings (SSSR count). The molecule has 1 aliphatic carbocycles. The van der Waals surface area contributed by atoms with Crippen LogP contribution in [0.1, 0.15) is 56.6 Å². The molecule has 2 atom stereocenters. The number of hydrogen-bond donors (Lipinski definition) is 1. The predicted molar refractivity (Wildman–Crippen MR) is 74.3 cm³/mol. The molecule has 0 heterocycles. The Morgan fingerprint density at radius 2 is 1.84 bits per heavy atom. The highest BCUT2D eigenvalue weighted by Gasteiger charge is 2.22. The van der Waals surface area contributed by atoms with Crippen LogP contribution in [-0.2, 0) is 6.54 Å². The van der Waals surface area contributed by atoms with Crippen molar-refractivity contribution in [1.82, 2.24) is 5.32 Å². The van der Waals surface area contributed by atoms with Gasteiger partial charge in [-0.3, -0.25) is 0 Å². The lowest BCUT2D eigenvalue weighted by atomic mass is 9.83. The van der Waals surface area contributed by atoms with Crippen LogP contribution >= 0.6 is 0 Å². The van der Waals surface area contributed by atoms with E-state index in [0.29, 0.717) is 6.04 Å². The van der Waals surface area contributed by atoms with Gasteiger partial charge in [-0.15, -0.1) is 0 Å². The van der Waals surface area contributed by atoms with Gasteiger partial charge in [0.15, 0.2) is 0 Å². The van der Waals surface area contributed by atoms with E-state index in [-0.39, 0.29) is 5.56 Å². The van der Waals surface area contributed by atoms with Gasteiger partial charge in [0.05, 0.1) is 0 Å².